The molecule has 1 fully saturated rings. The number of pyridine rings is 1. The third kappa shape index (κ3) is 2.98. The van der Waals surface area contributed by atoms with Crippen molar-refractivity contribution in [1.29, 1.82) is 0 Å². The van der Waals surface area contributed by atoms with E-state index in [2.05, 4.69) is 65.3 Å². The largest absolute Gasteiger partial charge is 0.317 e. The number of nitrogens with zero attached hydrogens (tertiary/aromatic N) is 3. The minimum atomic E-state index is 0.493. The summed E-state index contributed by atoms with van der Waals surface area (Å²) in [6.07, 6.45) is 6.33. The van der Waals surface area contributed by atoms with Crippen LogP contribution in [0.1, 0.15) is 38.1 Å². The number of aromatic nitrogens is 3. The monoisotopic (exact) mass is 370 g/mol. The lowest BCUT2D eigenvalue weighted by atomic mass is 10.0. The molecule has 0 radical (unpaired) electrons. The molecule has 0 bridgehead atoms. The van der Waals surface area contributed by atoms with Gasteiger partial charge >= 0.3 is 0 Å². The molecule has 4 nitrogen and oxygen atoms in total. The van der Waals surface area contributed by atoms with Crippen molar-refractivity contribution in [2.24, 2.45) is 0 Å². The van der Waals surface area contributed by atoms with Gasteiger partial charge in [0.05, 0.1) is 0 Å². The van der Waals surface area contributed by atoms with Gasteiger partial charge in [-0.1, -0.05) is 43.3 Å². The average molecular weight is 371 g/mol. The van der Waals surface area contributed by atoms with E-state index in [0.717, 1.165) is 49.9 Å². The molecule has 0 spiro atoms. The SMILES string of the molecule is CCCc1nc2c(-c3ccc4ccccc4c3)ccnc2n1C1CCNCC1. The summed E-state index contributed by atoms with van der Waals surface area (Å²) in [5.74, 6) is 1.19. The molecule has 4 heteroatoms. The van der Waals surface area contributed by atoms with Gasteiger partial charge < -0.3 is 9.88 Å². The number of rotatable bonds is 4. The molecule has 0 aliphatic carbocycles. The van der Waals surface area contributed by atoms with Gasteiger partial charge in [0.25, 0.3) is 0 Å². The van der Waals surface area contributed by atoms with Crippen molar-refractivity contribution in [3.05, 3.63) is 60.6 Å². The molecule has 142 valence electrons. The number of fused-ring (bicyclic) bond motifs is 2. The van der Waals surface area contributed by atoms with Crippen LogP contribution in [-0.4, -0.2) is 27.6 Å². The zero-order chi connectivity index (χ0) is 18.9. The summed E-state index contributed by atoms with van der Waals surface area (Å²) in [6.45, 7) is 4.37. The minimum absolute atomic E-state index is 0.493. The number of hydrogen-bond acceptors (Lipinski definition) is 3. The van der Waals surface area contributed by atoms with Crippen LogP contribution < -0.4 is 5.32 Å². The van der Waals surface area contributed by atoms with Crippen molar-refractivity contribution in [2.75, 3.05) is 13.1 Å². The Hall–Kier alpha value is -2.72. The quantitative estimate of drug-likeness (QED) is 0.542. The first-order valence-electron chi connectivity index (χ1n) is 10.4. The van der Waals surface area contributed by atoms with Gasteiger partial charge in [0.15, 0.2) is 5.65 Å². The standard InChI is InChI=1S/C24H26N4/c1-2-5-22-27-23-21(19-9-8-17-6-3-4-7-18(17)16-19)12-15-26-24(23)28(22)20-10-13-25-14-11-20/h3-4,6-9,12,15-16,20,25H,2,5,10-11,13-14H2,1H3. The van der Waals surface area contributed by atoms with Crippen LogP contribution in [0.15, 0.2) is 54.7 Å². The van der Waals surface area contributed by atoms with Crippen LogP contribution in [0, 0.1) is 0 Å². The van der Waals surface area contributed by atoms with E-state index in [1.807, 2.05) is 6.20 Å². The van der Waals surface area contributed by atoms with E-state index in [-0.39, 0.29) is 0 Å². The Morgan fingerprint density at radius 2 is 1.86 bits per heavy atom. The van der Waals surface area contributed by atoms with Gasteiger partial charge in [0.1, 0.15) is 11.3 Å². The van der Waals surface area contributed by atoms with Crippen molar-refractivity contribution in [2.45, 2.75) is 38.6 Å². The molecular formula is C24H26N4. The van der Waals surface area contributed by atoms with E-state index in [1.54, 1.807) is 0 Å². The lowest BCUT2D eigenvalue weighted by Crippen LogP contribution is -2.30. The van der Waals surface area contributed by atoms with E-state index >= 15 is 0 Å². The predicted octanol–water partition coefficient (Wildman–Crippen LogP) is 5.13. The topological polar surface area (TPSA) is 42.7 Å². The van der Waals surface area contributed by atoms with Gasteiger partial charge in [-0.05, 0) is 60.8 Å². The van der Waals surface area contributed by atoms with E-state index in [1.165, 1.54) is 27.7 Å². The van der Waals surface area contributed by atoms with E-state index < -0.39 is 0 Å². The van der Waals surface area contributed by atoms with Gasteiger partial charge in [0.2, 0.25) is 0 Å². The van der Waals surface area contributed by atoms with Crippen molar-refractivity contribution < 1.29 is 0 Å². The minimum Gasteiger partial charge on any atom is -0.317 e. The molecule has 1 N–H and O–H groups in total. The molecule has 0 atom stereocenters. The summed E-state index contributed by atoms with van der Waals surface area (Å²) in [6, 6.07) is 17.8. The maximum absolute atomic E-state index is 5.11. The number of imidazole rings is 1. The lowest BCUT2D eigenvalue weighted by molar-refractivity contribution is 0.365. The number of hydrogen-bond donors (Lipinski definition) is 1. The highest BCUT2D eigenvalue weighted by Gasteiger charge is 2.23. The zero-order valence-electron chi connectivity index (χ0n) is 16.4. The normalized spacial score (nSPS) is 15.5. The molecule has 5 rings (SSSR count). The molecule has 0 unspecified atom stereocenters. The van der Waals surface area contributed by atoms with Crippen LogP contribution >= 0.6 is 0 Å². The van der Waals surface area contributed by atoms with Gasteiger partial charge in [-0.2, -0.15) is 0 Å². The van der Waals surface area contributed by atoms with Crippen LogP contribution in [0.2, 0.25) is 0 Å². The smallest absolute Gasteiger partial charge is 0.160 e. The molecule has 0 amide bonds. The first kappa shape index (κ1) is 17.4. The fourth-order valence-electron chi connectivity index (χ4n) is 4.47. The highest BCUT2D eigenvalue weighted by molar-refractivity contribution is 5.94. The molecule has 1 saturated heterocycles. The Morgan fingerprint density at radius 1 is 1.04 bits per heavy atom. The fraction of sp³-hybridized carbons (Fsp3) is 0.333. The Morgan fingerprint density at radius 3 is 2.68 bits per heavy atom. The highest BCUT2D eigenvalue weighted by Crippen LogP contribution is 2.33. The van der Waals surface area contributed by atoms with Gasteiger partial charge in [-0.3, -0.25) is 0 Å². The first-order valence-corrected chi connectivity index (χ1v) is 10.4. The Kier molecular flexibility index (Phi) is 4.57. The van der Waals surface area contributed by atoms with Gasteiger partial charge in [0, 0.05) is 24.2 Å². The van der Waals surface area contributed by atoms with Crippen molar-refractivity contribution in [3.63, 3.8) is 0 Å². The van der Waals surface area contributed by atoms with E-state index in [9.17, 15) is 0 Å². The molecule has 4 aromatic rings. The predicted molar refractivity (Wildman–Crippen MR) is 116 cm³/mol. The Balaban J connectivity index is 1.69. The molecular weight excluding hydrogens is 344 g/mol. The molecule has 0 saturated carbocycles. The van der Waals surface area contributed by atoms with Crippen LogP contribution in [0.4, 0.5) is 0 Å². The molecule has 1 aliphatic heterocycles. The molecule has 2 aromatic carbocycles. The maximum Gasteiger partial charge on any atom is 0.160 e. The second kappa shape index (κ2) is 7.36. The van der Waals surface area contributed by atoms with Crippen molar-refractivity contribution >= 4 is 21.9 Å². The Bertz CT molecular complexity index is 1120. The van der Waals surface area contributed by atoms with Gasteiger partial charge in [-0.15, -0.1) is 0 Å². The number of benzene rings is 2. The van der Waals surface area contributed by atoms with E-state index in [4.69, 9.17) is 9.97 Å². The lowest BCUT2D eigenvalue weighted by Gasteiger charge is -2.25. The summed E-state index contributed by atoms with van der Waals surface area (Å²) >= 11 is 0. The summed E-state index contributed by atoms with van der Waals surface area (Å²) in [5, 5.41) is 6.00. The second-order valence-corrected chi connectivity index (χ2v) is 7.72. The first-order chi connectivity index (χ1) is 13.8. The third-order valence-electron chi connectivity index (χ3n) is 5.86. The fourth-order valence-corrected chi connectivity index (χ4v) is 4.47. The average Bonchev–Trinajstić information content (AvgIpc) is 3.12. The zero-order valence-corrected chi connectivity index (χ0v) is 16.4. The van der Waals surface area contributed by atoms with Crippen molar-refractivity contribution in [1.82, 2.24) is 19.9 Å². The molecule has 2 aromatic heterocycles. The summed E-state index contributed by atoms with van der Waals surface area (Å²) in [4.78, 5) is 9.90. The Labute approximate surface area is 165 Å². The number of aryl methyl sites for hydroxylation is 1. The van der Waals surface area contributed by atoms with Crippen LogP contribution in [0.3, 0.4) is 0 Å². The second-order valence-electron chi connectivity index (χ2n) is 7.72. The van der Waals surface area contributed by atoms with Crippen LogP contribution in [0.5, 0.6) is 0 Å². The highest BCUT2D eigenvalue weighted by atomic mass is 15.2. The van der Waals surface area contributed by atoms with Crippen LogP contribution in [-0.2, 0) is 6.42 Å². The van der Waals surface area contributed by atoms with Crippen molar-refractivity contribution in [3.8, 4) is 11.1 Å². The van der Waals surface area contributed by atoms with Gasteiger partial charge in [-0.25, -0.2) is 9.97 Å². The summed E-state index contributed by atoms with van der Waals surface area (Å²) in [5.41, 5.74) is 4.48. The summed E-state index contributed by atoms with van der Waals surface area (Å²) in [7, 11) is 0. The van der Waals surface area contributed by atoms with Crippen LogP contribution in [0.25, 0.3) is 33.1 Å². The number of nitrogens with one attached hydrogen (secondary N) is 1. The summed E-state index contributed by atoms with van der Waals surface area (Å²) < 4.78 is 2.43. The molecule has 3 heterocycles. The third-order valence-corrected chi connectivity index (χ3v) is 5.86. The number of piperidine rings is 1. The maximum atomic E-state index is 5.11. The molecule has 1 aliphatic rings. The van der Waals surface area contributed by atoms with E-state index in [0.29, 0.717) is 6.04 Å². The molecule has 28 heavy (non-hydrogen) atoms.